The Morgan fingerprint density at radius 3 is 1.89 bits per heavy atom. The van der Waals surface area contributed by atoms with Crippen LogP contribution in [-0.2, 0) is 9.53 Å². The highest BCUT2D eigenvalue weighted by Crippen LogP contribution is 2.28. The van der Waals surface area contributed by atoms with Crippen LogP contribution in [0.2, 0.25) is 0 Å². The number of carbonyl (C=O) groups is 1. The van der Waals surface area contributed by atoms with E-state index < -0.39 is 0 Å². The lowest BCUT2D eigenvalue weighted by Gasteiger charge is -2.32. The number of nitrogens with one attached hydrogen (secondary N) is 2. The lowest BCUT2D eigenvalue weighted by atomic mass is 9.83. The fraction of sp³-hybridized carbons (Fsp3) is 0.957. The van der Waals surface area contributed by atoms with Crippen molar-refractivity contribution < 1.29 is 9.53 Å². The van der Waals surface area contributed by atoms with Crippen molar-refractivity contribution in [1.29, 1.82) is 0 Å². The van der Waals surface area contributed by atoms with Gasteiger partial charge in [-0.25, -0.2) is 0 Å². The lowest BCUT2D eigenvalue weighted by molar-refractivity contribution is -0.133. The Morgan fingerprint density at radius 2 is 1.48 bits per heavy atom. The van der Waals surface area contributed by atoms with Gasteiger partial charge in [-0.05, 0) is 32.6 Å². The van der Waals surface area contributed by atoms with Crippen LogP contribution in [0.25, 0.3) is 0 Å². The number of ether oxygens (including phenoxy) is 1. The number of rotatable bonds is 13. The van der Waals surface area contributed by atoms with E-state index in [2.05, 4.69) is 52.2 Å². The first-order valence-electron chi connectivity index (χ1n) is 11.4. The highest BCUT2D eigenvalue weighted by molar-refractivity contribution is 5.82. The summed E-state index contributed by atoms with van der Waals surface area (Å²) in [7, 11) is 0. The molecule has 2 unspecified atom stereocenters. The minimum atomic E-state index is -0.349. The maximum atomic E-state index is 12.5. The molecule has 1 amide bonds. The summed E-state index contributed by atoms with van der Waals surface area (Å²) in [4.78, 5) is 12.5. The van der Waals surface area contributed by atoms with Gasteiger partial charge in [-0.15, -0.1) is 0 Å². The highest BCUT2D eigenvalue weighted by atomic mass is 16.5. The molecule has 0 aliphatic carbocycles. The third-order valence-electron chi connectivity index (χ3n) is 4.92. The molecule has 0 saturated carbocycles. The molecule has 2 atom stereocenters. The molecular weight excluding hydrogens is 336 g/mol. The summed E-state index contributed by atoms with van der Waals surface area (Å²) >= 11 is 0. The predicted molar refractivity (Wildman–Crippen MR) is 121 cm³/mol. The molecule has 27 heavy (non-hydrogen) atoms. The largest absolute Gasteiger partial charge is 0.375 e. The standard InChI is InChI=1S/C19H40N2O2.2C2H6/c1-8-11-19(7,10-3)23-15-12-18(6,9-2)17(22)21-14-13-20-16(4)5;2*1-2/h16,20H,8-15H2,1-7H3,(H,21,22);2*1-2H3. The van der Waals surface area contributed by atoms with Gasteiger partial charge in [0.1, 0.15) is 0 Å². The fourth-order valence-corrected chi connectivity index (χ4v) is 2.60. The fourth-order valence-electron chi connectivity index (χ4n) is 2.60. The van der Waals surface area contributed by atoms with Gasteiger partial charge in [0.25, 0.3) is 0 Å². The van der Waals surface area contributed by atoms with Crippen molar-refractivity contribution in [3.05, 3.63) is 0 Å². The topological polar surface area (TPSA) is 50.4 Å². The van der Waals surface area contributed by atoms with Crippen molar-refractivity contribution in [2.24, 2.45) is 5.41 Å². The Kier molecular flexibility index (Phi) is 21.6. The van der Waals surface area contributed by atoms with E-state index >= 15 is 0 Å². The summed E-state index contributed by atoms with van der Waals surface area (Å²) in [6.45, 7) is 25.0. The smallest absolute Gasteiger partial charge is 0.226 e. The predicted octanol–water partition coefficient (Wildman–Crippen LogP) is 5.94. The first-order chi connectivity index (χ1) is 12.7. The van der Waals surface area contributed by atoms with E-state index in [1.807, 2.05) is 34.6 Å². The van der Waals surface area contributed by atoms with Crippen LogP contribution >= 0.6 is 0 Å². The van der Waals surface area contributed by atoms with E-state index in [-0.39, 0.29) is 16.9 Å². The summed E-state index contributed by atoms with van der Waals surface area (Å²) in [5.41, 5.74) is -0.403. The molecule has 0 aliphatic heterocycles. The van der Waals surface area contributed by atoms with Gasteiger partial charge in [0.2, 0.25) is 5.91 Å². The summed E-state index contributed by atoms with van der Waals surface area (Å²) in [6.07, 6.45) is 4.80. The zero-order chi connectivity index (χ0) is 21.9. The zero-order valence-electron chi connectivity index (χ0n) is 20.6. The van der Waals surface area contributed by atoms with Crippen LogP contribution in [-0.4, -0.2) is 37.2 Å². The molecule has 166 valence electrons. The summed E-state index contributed by atoms with van der Waals surface area (Å²) in [5, 5.41) is 6.37. The molecule has 4 nitrogen and oxygen atoms in total. The monoisotopic (exact) mass is 388 g/mol. The molecular formula is C23H52N2O2. The molecule has 0 fully saturated rings. The molecule has 2 N–H and O–H groups in total. The van der Waals surface area contributed by atoms with Gasteiger partial charge in [0.15, 0.2) is 0 Å². The van der Waals surface area contributed by atoms with Gasteiger partial charge in [-0.1, -0.05) is 75.7 Å². The minimum absolute atomic E-state index is 0.0545. The Morgan fingerprint density at radius 1 is 0.926 bits per heavy atom. The van der Waals surface area contributed by atoms with Gasteiger partial charge < -0.3 is 15.4 Å². The van der Waals surface area contributed by atoms with Gasteiger partial charge >= 0.3 is 0 Å². The SMILES string of the molecule is CC.CC.CCCC(C)(CC)OCCC(C)(CC)C(=O)NCCNC(C)C. The molecule has 0 aromatic rings. The number of hydrogen-bond donors (Lipinski definition) is 2. The van der Waals surface area contributed by atoms with Crippen molar-refractivity contribution >= 4 is 5.91 Å². The van der Waals surface area contributed by atoms with Crippen molar-refractivity contribution in [3.8, 4) is 0 Å². The summed E-state index contributed by atoms with van der Waals surface area (Å²) < 4.78 is 6.13. The Hall–Kier alpha value is -0.610. The molecule has 0 bridgehead atoms. The van der Waals surface area contributed by atoms with Gasteiger partial charge in [-0.2, -0.15) is 0 Å². The van der Waals surface area contributed by atoms with Crippen LogP contribution in [0, 0.1) is 5.41 Å². The van der Waals surface area contributed by atoms with E-state index in [0.29, 0.717) is 19.2 Å². The molecule has 0 aliphatic rings. The Balaban J connectivity index is -0.00000134. The molecule has 0 saturated heterocycles. The van der Waals surface area contributed by atoms with Crippen molar-refractivity contribution in [2.45, 2.75) is 120 Å². The Bertz CT molecular complexity index is 334. The highest BCUT2D eigenvalue weighted by Gasteiger charge is 2.32. The van der Waals surface area contributed by atoms with Crippen LogP contribution in [0.15, 0.2) is 0 Å². The Labute approximate surface area is 171 Å². The molecule has 0 heterocycles. The van der Waals surface area contributed by atoms with Crippen LogP contribution < -0.4 is 10.6 Å². The first-order valence-corrected chi connectivity index (χ1v) is 11.4. The second kappa shape index (κ2) is 18.7. The first kappa shape index (κ1) is 31.1. The second-order valence-electron chi connectivity index (χ2n) is 7.43. The third kappa shape index (κ3) is 15.0. The summed E-state index contributed by atoms with van der Waals surface area (Å²) in [6, 6.07) is 0.447. The molecule has 0 aromatic carbocycles. The average Bonchev–Trinajstić information content (AvgIpc) is 2.68. The molecule has 0 radical (unpaired) electrons. The van der Waals surface area contributed by atoms with Crippen molar-refractivity contribution in [2.75, 3.05) is 19.7 Å². The maximum Gasteiger partial charge on any atom is 0.226 e. The maximum absolute atomic E-state index is 12.5. The number of hydrogen-bond acceptors (Lipinski definition) is 3. The zero-order valence-corrected chi connectivity index (χ0v) is 20.6. The van der Waals surface area contributed by atoms with E-state index in [4.69, 9.17) is 4.74 Å². The molecule has 0 spiro atoms. The summed E-state index contributed by atoms with van der Waals surface area (Å²) in [5.74, 6) is 0.142. The third-order valence-corrected chi connectivity index (χ3v) is 4.92. The average molecular weight is 389 g/mol. The van der Waals surface area contributed by atoms with Gasteiger partial charge in [0.05, 0.1) is 5.60 Å². The van der Waals surface area contributed by atoms with E-state index in [0.717, 1.165) is 38.6 Å². The van der Waals surface area contributed by atoms with E-state index in [1.54, 1.807) is 0 Å². The number of amides is 1. The van der Waals surface area contributed by atoms with Crippen LogP contribution in [0.4, 0.5) is 0 Å². The van der Waals surface area contributed by atoms with Crippen LogP contribution in [0.5, 0.6) is 0 Å². The minimum Gasteiger partial charge on any atom is -0.375 e. The molecule has 4 heteroatoms. The quantitative estimate of drug-likeness (QED) is 0.384. The van der Waals surface area contributed by atoms with Crippen molar-refractivity contribution in [1.82, 2.24) is 10.6 Å². The van der Waals surface area contributed by atoms with E-state index in [9.17, 15) is 4.79 Å². The van der Waals surface area contributed by atoms with Gasteiger partial charge in [0, 0.05) is 31.2 Å². The van der Waals surface area contributed by atoms with Crippen LogP contribution in [0.1, 0.15) is 108 Å². The van der Waals surface area contributed by atoms with Crippen molar-refractivity contribution in [3.63, 3.8) is 0 Å². The van der Waals surface area contributed by atoms with E-state index in [1.165, 1.54) is 0 Å². The lowest BCUT2D eigenvalue weighted by Crippen LogP contribution is -2.43. The molecule has 0 aromatic heterocycles. The molecule has 0 rings (SSSR count). The van der Waals surface area contributed by atoms with Crippen LogP contribution in [0.3, 0.4) is 0 Å². The number of carbonyl (C=O) groups excluding carboxylic acids is 1. The second-order valence-corrected chi connectivity index (χ2v) is 7.43. The normalized spacial score (nSPS) is 14.8. The van der Waals surface area contributed by atoms with Gasteiger partial charge in [-0.3, -0.25) is 4.79 Å².